The van der Waals surface area contributed by atoms with Crippen LogP contribution in [0.25, 0.3) is 0 Å². The van der Waals surface area contributed by atoms with E-state index in [1.807, 2.05) is 18.7 Å². The first-order chi connectivity index (χ1) is 7.69. The van der Waals surface area contributed by atoms with Gasteiger partial charge in [-0.1, -0.05) is 13.8 Å². The molecular weight excluding hydrogens is 204 g/mol. The molecule has 1 aliphatic heterocycles. The van der Waals surface area contributed by atoms with Crippen molar-refractivity contribution in [3.63, 3.8) is 0 Å². The number of aliphatic hydroxyl groups excluding tert-OH is 1. The van der Waals surface area contributed by atoms with Gasteiger partial charge in [0.25, 0.3) is 0 Å². The highest BCUT2D eigenvalue weighted by Gasteiger charge is 2.27. The summed E-state index contributed by atoms with van der Waals surface area (Å²) in [4.78, 5) is 13.9. The molecule has 1 amide bonds. The third kappa shape index (κ3) is 3.76. The van der Waals surface area contributed by atoms with Gasteiger partial charge in [-0.25, -0.2) is 0 Å². The summed E-state index contributed by atoms with van der Waals surface area (Å²) in [6.07, 6.45) is 3.19. The van der Waals surface area contributed by atoms with Crippen LogP contribution in [0.4, 0.5) is 0 Å². The lowest BCUT2D eigenvalue weighted by Crippen LogP contribution is -2.51. The summed E-state index contributed by atoms with van der Waals surface area (Å²) in [6.45, 7) is 6.35. The summed E-state index contributed by atoms with van der Waals surface area (Å²) in [5.41, 5.74) is 0. The van der Waals surface area contributed by atoms with Gasteiger partial charge in [0.15, 0.2) is 0 Å². The smallest absolute Gasteiger partial charge is 0.239 e. The largest absolute Gasteiger partial charge is 0.393 e. The van der Waals surface area contributed by atoms with Crippen molar-refractivity contribution in [1.29, 1.82) is 0 Å². The summed E-state index contributed by atoms with van der Waals surface area (Å²) in [5, 5.41) is 12.7. The Balaban J connectivity index is 2.38. The minimum absolute atomic E-state index is 0.00230. The number of amides is 1. The first kappa shape index (κ1) is 13.5. The zero-order chi connectivity index (χ0) is 12.0. The van der Waals surface area contributed by atoms with Crippen LogP contribution >= 0.6 is 0 Å². The number of aliphatic hydroxyl groups is 1. The average molecular weight is 228 g/mol. The fraction of sp³-hybridized carbons (Fsp3) is 0.917. The van der Waals surface area contributed by atoms with Gasteiger partial charge < -0.3 is 15.3 Å². The van der Waals surface area contributed by atoms with E-state index in [-0.39, 0.29) is 18.1 Å². The highest BCUT2D eigenvalue weighted by molar-refractivity contribution is 5.82. The summed E-state index contributed by atoms with van der Waals surface area (Å²) in [5.74, 6) is 0.205. The predicted molar refractivity (Wildman–Crippen MR) is 64.2 cm³/mol. The van der Waals surface area contributed by atoms with Gasteiger partial charge in [-0.3, -0.25) is 4.79 Å². The van der Waals surface area contributed by atoms with Crippen molar-refractivity contribution in [2.45, 2.75) is 51.7 Å². The molecule has 0 saturated carbocycles. The summed E-state index contributed by atoms with van der Waals surface area (Å²) in [6, 6.07) is -0.00230. The minimum Gasteiger partial charge on any atom is -0.393 e. The van der Waals surface area contributed by atoms with Crippen molar-refractivity contribution in [2.75, 3.05) is 19.6 Å². The standard InChI is InChI=1S/C12H24N2O2/c1-3-10(15)7-9-14-8-5-6-11(12(14)16)13-4-2/h10-11,13,15H,3-9H2,1-2H3. The van der Waals surface area contributed by atoms with Crippen molar-refractivity contribution in [1.82, 2.24) is 10.2 Å². The van der Waals surface area contributed by atoms with E-state index in [0.29, 0.717) is 13.0 Å². The zero-order valence-corrected chi connectivity index (χ0v) is 10.4. The summed E-state index contributed by atoms with van der Waals surface area (Å²) < 4.78 is 0. The van der Waals surface area contributed by atoms with Crippen LogP contribution in [-0.2, 0) is 4.79 Å². The number of carbonyl (C=O) groups excluding carboxylic acids is 1. The van der Waals surface area contributed by atoms with Gasteiger partial charge in [-0.15, -0.1) is 0 Å². The van der Waals surface area contributed by atoms with Crippen molar-refractivity contribution >= 4 is 5.91 Å². The van der Waals surface area contributed by atoms with E-state index < -0.39 is 0 Å². The van der Waals surface area contributed by atoms with Crippen LogP contribution in [0.15, 0.2) is 0 Å². The van der Waals surface area contributed by atoms with E-state index >= 15 is 0 Å². The van der Waals surface area contributed by atoms with E-state index in [0.717, 1.165) is 32.4 Å². The first-order valence-electron chi connectivity index (χ1n) is 6.39. The van der Waals surface area contributed by atoms with Crippen molar-refractivity contribution < 1.29 is 9.90 Å². The molecule has 1 fully saturated rings. The second kappa shape index (κ2) is 6.86. The molecule has 1 saturated heterocycles. The quantitative estimate of drug-likeness (QED) is 0.705. The van der Waals surface area contributed by atoms with E-state index in [1.54, 1.807) is 0 Å². The van der Waals surface area contributed by atoms with Gasteiger partial charge in [0.2, 0.25) is 5.91 Å². The number of carbonyl (C=O) groups is 1. The van der Waals surface area contributed by atoms with Gasteiger partial charge in [0.1, 0.15) is 0 Å². The third-order valence-electron chi connectivity index (χ3n) is 3.18. The van der Waals surface area contributed by atoms with Crippen molar-refractivity contribution in [3.05, 3.63) is 0 Å². The molecule has 0 aromatic carbocycles. The van der Waals surface area contributed by atoms with Gasteiger partial charge in [-0.2, -0.15) is 0 Å². The molecule has 1 heterocycles. The Bertz CT molecular complexity index is 219. The lowest BCUT2D eigenvalue weighted by molar-refractivity contribution is -0.136. The van der Waals surface area contributed by atoms with E-state index in [9.17, 15) is 9.90 Å². The maximum atomic E-state index is 12.0. The molecule has 1 rings (SSSR count). The SMILES string of the molecule is CCNC1CCCN(CCC(O)CC)C1=O. The molecule has 0 aliphatic carbocycles. The second-order valence-corrected chi connectivity index (χ2v) is 4.43. The molecule has 4 nitrogen and oxygen atoms in total. The molecular formula is C12H24N2O2. The molecule has 2 atom stereocenters. The van der Waals surface area contributed by atoms with Crippen molar-refractivity contribution in [2.24, 2.45) is 0 Å². The Morgan fingerprint density at radius 2 is 2.31 bits per heavy atom. The first-order valence-corrected chi connectivity index (χ1v) is 6.39. The number of hydrogen-bond acceptors (Lipinski definition) is 3. The molecule has 1 aliphatic rings. The van der Waals surface area contributed by atoms with Crippen LogP contribution in [0.2, 0.25) is 0 Å². The van der Waals surface area contributed by atoms with Gasteiger partial charge >= 0.3 is 0 Å². The Morgan fingerprint density at radius 3 is 2.94 bits per heavy atom. The van der Waals surface area contributed by atoms with Crippen LogP contribution in [-0.4, -0.2) is 47.7 Å². The van der Waals surface area contributed by atoms with Crippen LogP contribution in [0.1, 0.15) is 39.5 Å². The number of nitrogens with zero attached hydrogens (tertiary/aromatic N) is 1. The highest BCUT2D eigenvalue weighted by atomic mass is 16.3. The molecule has 0 aromatic rings. The van der Waals surface area contributed by atoms with Crippen LogP contribution in [0.5, 0.6) is 0 Å². The normalized spacial score (nSPS) is 23.6. The number of likely N-dealkylation sites (N-methyl/N-ethyl adjacent to an activating group) is 1. The zero-order valence-electron chi connectivity index (χ0n) is 10.4. The average Bonchev–Trinajstić information content (AvgIpc) is 2.30. The highest BCUT2D eigenvalue weighted by Crippen LogP contribution is 2.13. The Hall–Kier alpha value is -0.610. The van der Waals surface area contributed by atoms with Crippen molar-refractivity contribution in [3.8, 4) is 0 Å². The third-order valence-corrected chi connectivity index (χ3v) is 3.18. The predicted octanol–water partition coefficient (Wildman–Crippen LogP) is 0.748. The molecule has 0 spiro atoms. The molecule has 94 valence electrons. The van der Waals surface area contributed by atoms with E-state index in [1.165, 1.54) is 0 Å². The van der Waals surface area contributed by atoms with E-state index in [4.69, 9.17) is 0 Å². The van der Waals surface area contributed by atoms with Gasteiger partial charge in [-0.05, 0) is 32.2 Å². The van der Waals surface area contributed by atoms with Gasteiger partial charge in [0, 0.05) is 13.1 Å². The van der Waals surface area contributed by atoms with Crippen LogP contribution in [0, 0.1) is 0 Å². The summed E-state index contributed by atoms with van der Waals surface area (Å²) in [7, 11) is 0. The molecule has 16 heavy (non-hydrogen) atoms. The fourth-order valence-electron chi connectivity index (χ4n) is 2.11. The summed E-state index contributed by atoms with van der Waals surface area (Å²) >= 11 is 0. The van der Waals surface area contributed by atoms with E-state index in [2.05, 4.69) is 5.32 Å². The molecule has 0 bridgehead atoms. The van der Waals surface area contributed by atoms with Crippen LogP contribution < -0.4 is 5.32 Å². The second-order valence-electron chi connectivity index (χ2n) is 4.43. The van der Waals surface area contributed by atoms with Crippen LogP contribution in [0.3, 0.4) is 0 Å². The molecule has 0 radical (unpaired) electrons. The maximum absolute atomic E-state index is 12.0. The Morgan fingerprint density at radius 1 is 1.56 bits per heavy atom. The van der Waals surface area contributed by atoms with Gasteiger partial charge in [0.05, 0.1) is 12.1 Å². The molecule has 0 aromatic heterocycles. The molecule has 2 unspecified atom stereocenters. The molecule has 4 heteroatoms. The fourth-order valence-corrected chi connectivity index (χ4v) is 2.11. The lowest BCUT2D eigenvalue weighted by Gasteiger charge is -2.33. The molecule has 2 N–H and O–H groups in total. The number of rotatable bonds is 6. The lowest BCUT2D eigenvalue weighted by atomic mass is 10.0. The Kier molecular flexibility index (Phi) is 5.77. The topological polar surface area (TPSA) is 52.6 Å². The Labute approximate surface area is 98.0 Å². The number of likely N-dealkylation sites (tertiary alicyclic amines) is 1. The number of hydrogen-bond donors (Lipinski definition) is 2. The number of piperidine rings is 1. The maximum Gasteiger partial charge on any atom is 0.239 e. The number of nitrogens with one attached hydrogen (secondary N) is 1. The monoisotopic (exact) mass is 228 g/mol. The minimum atomic E-state index is -0.271.